The van der Waals surface area contributed by atoms with Crippen molar-refractivity contribution in [3.63, 3.8) is 0 Å². The van der Waals surface area contributed by atoms with E-state index in [0.717, 1.165) is 11.6 Å². The van der Waals surface area contributed by atoms with Crippen LogP contribution >= 0.6 is 11.6 Å². The third kappa shape index (κ3) is 6.69. The Morgan fingerprint density at radius 2 is 1.66 bits per heavy atom. The molecule has 0 spiro atoms. The lowest BCUT2D eigenvalue weighted by molar-refractivity contribution is -0.138. The molecule has 0 saturated carbocycles. The second-order valence-corrected chi connectivity index (χ2v) is 7.74. The van der Waals surface area contributed by atoms with E-state index < -0.39 is 17.6 Å². The van der Waals surface area contributed by atoms with Gasteiger partial charge in [0.1, 0.15) is 6.61 Å². The summed E-state index contributed by atoms with van der Waals surface area (Å²) in [6.45, 7) is 1.76. The average molecular weight is 470 g/mol. The molecule has 2 aromatic rings. The van der Waals surface area contributed by atoms with Crippen molar-refractivity contribution in [3.8, 4) is 0 Å². The van der Waals surface area contributed by atoms with Crippen LogP contribution in [-0.4, -0.2) is 60.9 Å². The Kier molecular flexibility index (Phi) is 8.11. The minimum absolute atomic E-state index is 0.0583. The molecule has 1 heterocycles. The lowest BCUT2D eigenvalue weighted by Crippen LogP contribution is -2.51. The summed E-state index contributed by atoms with van der Waals surface area (Å²) in [6.07, 6.45) is -4.55. The summed E-state index contributed by atoms with van der Waals surface area (Å²) in [5.74, 6) is -0.704. The lowest BCUT2D eigenvalue weighted by Gasteiger charge is -2.34. The van der Waals surface area contributed by atoms with Gasteiger partial charge in [-0.1, -0.05) is 41.9 Å². The Bertz CT molecular complexity index is 947. The molecule has 1 aliphatic rings. The predicted molar refractivity (Wildman–Crippen MR) is 114 cm³/mol. The van der Waals surface area contributed by atoms with E-state index in [-0.39, 0.29) is 31.4 Å². The molecule has 0 radical (unpaired) electrons. The Morgan fingerprint density at radius 1 is 1.00 bits per heavy atom. The number of benzene rings is 2. The third-order valence-corrected chi connectivity index (χ3v) is 5.41. The van der Waals surface area contributed by atoms with Gasteiger partial charge in [-0.25, -0.2) is 0 Å². The van der Waals surface area contributed by atoms with Gasteiger partial charge in [-0.15, -0.1) is 0 Å². The van der Waals surface area contributed by atoms with Gasteiger partial charge in [-0.05, 0) is 23.8 Å². The number of anilines is 1. The number of carbonyl (C=O) groups excluding carboxylic acids is 2. The number of hydrogen-bond donors (Lipinski definition) is 1. The molecule has 0 unspecified atom stereocenters. The molecule has 1 fully saturated rings. The molecule has 0 bridgehead atoms. The molecule has 1 N–H and O–H groups in total. The molecule has 6 nitrogen and oxygen atoms in total. The van der Waals surface area contributed by atoms with Gasteiger partial charge in [0.2, 0.25) is 11.8 Å². The summed E-state index contributed by atoms with van der Waals surface area (Å²) >= 11 is 6.06. The summed E-state index contributed by atoms with van der Waals surface area (Å²) in [6, 6.07) is 12.1. The number of hydrogen-bond acceptors (Lipinski definition) is 4. The Hall–Kier alpha value is -2.62. The van der Waals surface area contributed by atoms with Crippen molar-refractivity contribution >= 4 is 29.1 Å². The van der Waals surface area contributed by atoms with Crippen LogP contribution in [0.3, 0.4) is 0 Å². The zero-order valence-electron chi connectivity index (χ0n) is 17.2. The van der Waals surface area contributed by atoms with Gasteiger partial charge in [0.15, 0.2) is 0 Å². The summed E-state index contributed by atoms with van der Waals surface area (Å²) in [7, 11) is 0. The van der Waals surface area contributed by atoms with Gasteiger partial charge in [-0.3, -0.25) is 14.5 Å². The smallest absolute Gasteiger partial charge is 0.367 e. The highest BCUT2D eigenvalue weighted by Crippen LogP contribution is 2.34. The van der Waals surface area contributed by atoms with Gasteiger partial charge in [-0.2, -0.15) is 13.2 Å². The summed E-state index contributed by atoms with van der Waals surface area (Å²) in [4.78, 5) is 28.0. The van der Waals surface area contributed by atoms with Crippen LogP contribution in [0.5, 0.6) is 0 Å². The quantitative estimate of drug-likeness (QED) is 0.672. The van der Waals surface area contributed by atoms with Gasteiger partial charge in [0.05, 0.1) is 24.4 Å². The maximum Gasteiger partial charge on any atom is 0.418 e. The van der Waals surface area contributed by atoms with Gasteiger partial charge >= 0.3 is 6.18 Å². The zero-order chi connectivity index (χ0) is 23.1. The van der Waals surface area contributed by atoms with Crippen LogP contribution in [0.2, 0.25) is 5.02 Å². The maximum atomic E-state index is 13.1. The minimum Gasteiger partial charge on any atom is -0.367 e. The molecule has 2 amide bonds. The number of alkyl halides is 3. The molecule has 2 aromatic carbocycles. The number of ether oxygens (including phenoxy) is 1. The monoisotopic (exact) mass is 469 g/mol. The number of rotatable bonds is 7. The van der Waals surface area contributed by atoms with Crippen molar-refractivity contribution in [2.75, 3.05) is 44.6 Å². The second-order valence-electron chi connectivity index (χ2n) is 7.33. The Morgan fingerprint density at radius 3 is 2.34 bits per heavy atom. The first kappa shape index (κ1) is 24.0. The fourth-order valence-electron chi connectivity index (χ4n) is 3.34. The first-order valence-electron chi connectivity index (χ1n) is 10.0. The summed E-state index contributed by atoms with van der Waals surface area (Å²) < 4.78 is 44.7. The molecule has 10 heteroatoms. The van der Waals surface area contributed by atoms with Crippen LogP contribution in [-0.2, 0) is 27.1 Å². The number of halogens is 4. The molecule has 172 valence electrons. The van der Waals surface area contributed by atoms with Crippen molar-refractivity contribution in [3.05, 3.63) is 64.7 Å². The van der Waals surface area contributed by atoms with Crippen molar-refractivity contribution in [2.24, 2.45) is 0 Å². The molecular weight excluding hydrogens is 447 g/mol. The molecule has 1 saturated heterocycles. The molecule has 3 rings (SSSR count). The highest BCUT2D eigenvalue weighted by atomic mass is 35.5. The van der Waals surface area contributed by atoms with Crippen molar-refractivity contribution < 1.29 is 27.5 Å². The summed E-state index contributed by atoms with van der Waals surface area (Å²) in [5.41, 5.74) is -0.361. The largest absolute Gasteiger partial charge is 0.418 e. The molecule has 0 atom stereocenters. The SMILES string of the molecule is O=C(CN1CCN(C(=O)COCc2ccccc2Cl)CC1)Nc1ccccc1C(F)(F)F. The number of carbonyl (C=O) groups is 2. The predicted octanol–water partition coefficient (Wildman–Crippen LogP) is 3.66. The van der Waals surface area contributed by atoms with Crippen LogP contribution in [0.1, 0.15) is 11.1 Å². The Labute approximate surface area is 188 Å². The van der Waals surface area contributed by atoms with E-state index >= 15 is 0 Å². The number of para-hydroxylation sites is 1. The van der Waals surface area contributed by atoms with E-state index in [1.165, 1.54) is 18.2 Å². The van der Waals surface area contributed by atoms with Crippen LogP contribution in [0, 0.1) is 0 Å². The van der Waals surface area contributed by atoms with E-state index in [9.17, 15) is 22.8 Å². The van der Waals surface area contributed by atoms with E-state index in [1.54, 1.807) is 15.9 Å². The summed E-state index contributed by atoms with van der Waals surface area (Å²) in [5, 5.41) is 2.91. The van der Waals surface area contributed by atoms with Crippen molar-refractivity contribution in [2.45, 2.75) is 12.8 Å². The third-order valence-electron chi connectivity index (χ3n) is 5.04. The highest BCUT2D eigenvalue weighted by Gasteiger charge is 2.33. The number of nitrogens with zero attached hydrogens (tertiary/aromatic N) is 2. The normalized spacial score (nSPS) is 14.9. The van der Waals surface area contributed by atoms with Crippen molar-refractivity contribution in [1.82, 2.24) is 9.80 Å². The fourth-order valence-corrected chi connectivity index (χ4v) is 3.53. The Balaban J connectivity index is 1.41. The number of piperazine rings is 1. The average Bonchev–Trinajstić information content (AvgIpc) is 2.75. The minimum atomic E-state index is -4.55. The topological polar surface area (TPSA) is 61.9 Å². The first-order valence-corrected chi connectivity index (χ1v) is 10.4. The lowest BCUT2D eigenvalue weighted by atomic mass is 10.1. The molecule has 1 aliphatic heterocycles. The maximum absolute atomic E-state index is 13.1. The number of nitrogens with one attached hydrogen (secondary N) is 1. The van der Waals surface area contributed by atoms with Crippen LogP contribution in [0.15, 0.2) is 48.5 Å². The van der Waals surface area contributed by atoms with Crippen molar-refractivity contribution in [1.29, 1.82) is 0 Å². The first-order chi connectivity index (χ1) is 15.2. The highest BCUT2D eigenvalue weighted by molar-refractivity contribution is 6.31. The molecule has 0 aromatic heterocycles. The zero-order valence-corrected chi connectivity index (χ0v) is 18.0. The molecule has 0 aliphatic carbocycles. The van der Waals surface area contributed by atoms with E-state index in [1.807, 2.05) is 18.2 Å². The fraction of sp³-hybridized carbons (Fsp3) is 0.364. The van der Waals surface area contributed by atoms with Crippen LogP contribution in [0.4, 0.5) is 18.9 Å². The van der Waals surface area contributed by atoms with Crippen LogP contribution in [0.25, 0.3) is 0 Å². The number of amides is 2. The second kappa shape index (κ2) is 10.8. The van der Waals surface area contributed by atoms with Gasteiger partial charge in [0.25, 0.3) is 0 Å². The van der Waals surface area contributed by atoms with E-state index in [2.05, 4.69) is 5.32 Å². The molecular formula is C22H23ClF3N3O3. The van der Waals surface area contributed by atoms with E-state index in [4.69, 9.17) is 16.3 Å². The molecule has 32 heavy (non-hydrogen) atoms. The van der Waals surface area contributed by atoms with E-state index in [0.29, 0.717) is 31.2 Å². The van der Waals surface area contributed by atoms with Crippen LogP contribution < -0.4 is 5.32 Å². The van der Waals surface area contributed by atoms with Gasteiger partial charge < -0.3 is 15.0 Å². The van der Waals surface area contributed by atoms with Gasteiger partial charge in [0, 0.05) is 31.2 Å². The standard InChI is InChI=1S/C22H23ClF3N3O3/c23-18-7-3-1-5-16(18)14-32-15-21(31)29-11-9-28(10-12-29)13-20(30)27-19-8-4-2-6-17(19)22(24,25)26/h1-8H,9-15H2,(H,27,30).